The van der Waals surface area contributed by atoms with Crippen LogP contribution in [0.4, 0.5) is 0 Å². The number of esters is 1. The average Bonchev–Trinajstić information content (AvgIpc) is 2.02. The van der Waals surface area contributed by atoms with Crippen LogP contribution in [-0.2, 0) is 9.53 Å². The Morgan fingerprint density at radius 1 is 1.54 bits per heavy atom. The number of rotatable bonds is 5. The Morgan fingerprint density at radius 2 is 2.08 bits per heavy atom. The van der Waals surface area contributed by atoms with Crippen molar-refractivity contribution in [1.82, 2.24) is 0 Å². The van der Waals surface area contributed by atoms with E-state index in [0.717, 1.165) is 6.42 Å². The van der Waals surface area contributed by atoms with E-state index in [0.29, 0.717) is 11.1 Å². The zero-order valence-corrected chi connectivity index (χ0v) is 10.5. The molecule has 0 fully saturated rings. The summed E-state index contributed by atoms with van der Waals surface area (Å²) < 4.78 is 5.30. The number of hydrogen-bond donors (Lipinski definition) is 0. The predicted octanol–water partition coefficient (Wildman–Crippen LogP) is 1.84. The van der Waals surface area contributed by atoms with Gasteiger partial charge >= 0.3 is 5.97 Å². The number of carbonyl (C=O) groups excluding carboxylic acids is 1. The fraction of sp³-hybridized carbons (Fsp3) is 0.700. The molecule has 3 heteroatoms. The van der Waals surface area contributed by atoms with Crippen LogP contribution in [0.3, 0.4) is 0 Å². The minimum atomic E-state index is -0.299. The quantitative estimate of drug-likeness (QED) is 0.384. The average molecular weight is 200 g/mol. The first-order valence-corrected chi connectivity index (χ1v) is 6.47. The minimum absolute atomic E-state index is 0.184. The van der Waals surface area contributed by atoms with Crippen LogP contribution in [0.2, 0.25) is 5.54 Å². The molecule has 0 rings (SSSR count). The van der Waals surface area contributed by atoms with Crippen molar-refractivity contribution in [3.8, 4) is 0 Å². The standard InChI is InChI=1S/C10H20O2Si/c1-6-9(13-8(4)5)12-10(11)7(2)3/h8-9H,2,6,13H2,1,3-5H3. The van der Waals surface area contributed by atoms with E-state index in [1.807, 2.05) is 0 Å². The van der Waals surface area contributed by atoms with Crippen LogP contribution in [-0.4, -0.2) is 21.2 Å². The molecule has 0 aromatic carbocycles. The summed E-state index contributed by atoms with van der Waals surface area (Å²) in [6.45, 7) is 11.7. The third-order valence-corrected chi connectivity index (χ3v) is 4.02. The van der Waals surface area contributed by atoms with Gasteiger partial charge in [-0.1, -0.05) is 32.9 Å². The first kappa shape index (κ1) is 12.4. The number of ether oxygens (including phenoxy) is 1. The van der Waals surface area contributed by atoms with Crippen LogP contribution in [0.15, 0.2) is 12.2 Å². The molecule has 0 saturated heterocycles. The molecule has 0 amide bonds. The second-order valence-corrected chi connectivity index (χ2v) is 6.86. The summed E-state index contributed by atoms with van der Waals surface area (Å²) in [5.41, 5.74) is 1.38. The lowest BCUT2D eigenvalue weighted by molar-refractivity contribution is -0.140. The highest BCUT2D eigenvalue weighted by Gasteiger charge is 2.14. The van der Waals surface area contributed by atoms with Gasteiger partial charge in [0.2, 0.25) is 0 Å². The minimum Gasteiger partial charge on any atom is -0.464 e. The molecule has 0 aliphatic heterocycles. The van der Waals surface area contributed by atoms with Crippen molar-refractivity contribution in [2.24, 2.45) is 0 Å². The maximum atomic E-state index is 11.2. The van der Waals surface area contributed by atoms with Gasteiger partial charge in [-0.25, -0.2) is 4.79 Å². The van der Waals surface area contributed by atoms with Gasteiger partial charge in [0.15, 0.2) is 0 Å². The Labute approximate surface area is 83.2 Å². The van der Waals surface area contributed by atoms with E-state index < -0.39 is 0 Å². The second-order valence-electron chi connectivity index (χ2n) is 3.85. The zero-order valence-electron chi connectivity index (χ0n) is 9.09. The van der Waals surface area contributed by atoms with Gasteiger partial charge in [0.05, 0.1) is 15.2 Å². The highest BCUT2D eigenvalue weighted by atomic mass is 28.2. The molecule has 0 N–H and O–H groups in total. The summed E-state index contributed by atoms with van der Waals surface area (Å²) in [7, 11) is -0.299. The molecule has 0 spiro atoms. The van der Waals surface area contributed by atoms with Crippen molar-refractivity contribution in [1.29, 1.82) is 0 Å². The molecule has 0 aromatic heterocycles. The fourth-order valence-electron chi connectivity index (χ4n) is 1.08. The van der Waals surface area contributed by atoms with Gasteiger partial charge in [-0.3, -0.25) is 0 Å². The number of carbonyl (C=O) groups is 1. The first-order valence-electron chi connectivity index (χ1n) is 4.83. The molecule has 0 aliphatic carbocycles. The van der Waals surface area contributed by atoms with Crippen LogP contribution >= 0.6 is 0 Å². The Kier molecular flexibility index (Phi) is 5.71. The SMILES string of the molecule is C=C(C)C(=O)OC(CC)[SiH2]C(C)C. The van der Waals surface area contributed by atoms with Crippen molar-refractivity contribution >= 4 is 15.5 Å². The highest BCUT2D eigenvalue weighted by Crippen LogP contribution is 2.08. The van der Waals surface area contributed by atoms with Gasteiger partial charge in [-0.05, 0) is 13.3 Å². The normalized spacial score (nSPS) is 13.6. The van der Waals surface area contributed by atoms with Crippen LogP contribution in [0, 0.1) is 0 Å². The molecular formula is C10H20O2Si. The van der Waals surface area contributed by atoms with Gasteiger partial charge in [0.25, 0.3) is 0 Å². The van der Waals surface area contributed by atoms with Crippen molar-refractivity contribution in [2.75, 3.05) is 0 Å². The Bertz CT molecular complexity index is 187. The summed E-state index contributed by atoms with van der Waals surface area (Å²) in [5.74, 6) is -0.236. The van der Waals surface area contributed by atoms with Gasteiger partial charge in [-0.2, -0.15) is 0 Å². The zero-order chi connectivity index (χ0) is 10.4. The van der Waals surface area contributed by atoms with Crippen LogP contribution < -0.4 is 0 Å². The Morgan fingerprint density at radius 3 is 2.38 bits per heavy atom. The van der Waals surface area contributed by atoms with Gasteiger partial charge in [0, 0.05) is 5.57 Å². The largest absolute Gasteiger partial charge is 0.464 e. The summed E-state index contributed by atoms with van der Waals surface area (Å²) in [5, 5.41) is 0. The predicted molar refractivity (Wildman–Crippen MR) is 58.6 cm³/mol. The molecule has 13 heavy (non-hydrogen) atoms. The van der Waals surface area contributed by atoms with Crippen LogP contribution in [0.5, 0.6) is 0 Å². The van der Waals surface area contributed by atoms with E-state index in [4.69, 9.17) is 4.74 Å². The Balaban J connectivity index is 3.97. The molecule has 1 unspecified atom stereocenters. The van der Waals surface area contributed by atoms with E-state index in [1.165, 1.54) is 0 Å². The molecule has 0 aliphatic rings. The second kappa shape index (κ2) is 5.97. The first-order chi connectivity index (χ1) is 5.97. The van der Waals surface area contributed by atoms with Crippen molar-refractivity contribution in [2.45, 2.75) is 45.4 Å². The summed E-state index contributed by atoms with van der Waals surface area (Å²) in [6.07, 6.45) is 0.934. The van der Waals surface area contributed by atoms with E-state index in [2.05, 4.69) is 27.4 Å². The molecule has 0 heterocycles. The maximum Gasteiger partial charge on any atom is 0.333 e. The third kappa shape index (κ3) is 5.63. The lowest BCUT2D eigenvalue weighted by atomic mass is 10.4. The topological polar surface area (TPSA) is 26.3 Å². The molecule has 0 bridgehead atoms. The van der Waals surface area contributed by atoms with Gasteiger partial charge in [0.1, 0.15) is 0 Å². The van der Waals surface area contributed by atoms with E-state index in [1.54, 1.807) is 6.92 Å². The summed E-state index contributed by atoms with van der Waals surface area (Å²) in [6, 6.07) is 0. The molecule has 1 atom stereocenters. The maximum absolute atomic E-state index is 11.2. The smallest absolute Gasteiger partial charge is 0.333 e. The fourth-order valence-corrected chi connectivity index (χ4v) is 2.71. The van der Waals surface area contributed by atoms with E-state index >= 15 is 0 Å². The molecule has 0 radical (unpaired) electrons. The third-order valence-electron chi connectivity index (χ3n) is 1.81. The van der Waals surface area contributed by atoms with E-state index in [9.17, 15) is 4.79 Å². The highest BCUT2D eigenvalue weighted by molar-refractivity contribution is 6.39. The number of hydrogen-bond acceptors (Lipinski definition) is 2. The molecule has 0 aromatic rings. The molecule has 76 valence electrons. The summed E-state index contributed by atoms with van der Waals surface area (Å²) in [4.78, 5) is 11.2. The van der Waals surface area contributed by atoms with Gasteiger partial charge < -0.3 is 4.74 Å². The monoisotopic (exact) mass is 200 g/mol. The Hall–Kier alpha value is -0.573. The van der Waals surface area contributed by atoms with Gasteiger partial charge in [-0.15, -0.1) is 0 Å². The summed E-state index contributed by atoms with van der Waals surface area (Å²) >= 11 is 0. The van der Waals surface area contributed by atoms with Crippen molar-refractivity contribution < 1.29 is 9.53 Å². The van der Waals surface area contributed by atoms with Crippen molar-refractivity contribution in [3.05, 3.63) is 12.2 Å². The molecule has 0 saturated carbocycles. The molecule has 2 nitrogen and oxygen atoms in total. The lowest BCUT2D eigenvalue weighted by Gasteiger charge is -2.17. The van der Waals surface area contributed by atoms with Crippen molar-refractivity contribution in [3.63, 3.8) is 0 Å². The van der Waals surface area contributed by atoms with Crippen LogP contribution in [0.25, 0.3) is 0 Å². The van der Waals surface area contributed by atoms with E-state index in [-0.39, 0.29) is 21.2 Å². The lowest BCUT2D eigenvalue weighted by Crippen LogP contribution is -2.25. The van der Waals surface area contributed by atoms with Crippen LogP contribution in [0.1, 0.15) is 34.1 Å². The molecular weight excluding hydrogens is 180 g/mol.